The Morgan fingerprint density at radius 2 is 2.25 bits per heavy atom. The van der Waals surface area contributed by atoms with Crippen molar-refractivity contribution in [2.24, 2.45) is 5.84 Å². The highest BCUT2D eigenvalue weighted by molar-refractivity contribution is 7.13. The molecule has 20 heavy (non-hydrogen) atoms. The molecule has 0 saturated heterocycles. The lowest BCUT2D eigenvalue weighted by Crippen LogP contribution is -2.16. The van der Waals surface area contributed by atoms with E-state index in [1.807, 2.05) is 5.43 Å². The van der Waals surface area contributed by atoms with Crippen molar-refractivity contribution in [3.63, 3.8) is 0 Å². The van der Waals surface area contributed by atoms with Crippen LogP contribution in [0, 0.1) is 15.9 Å². The van der Waals surface area contributed by atoms with E-state index in [0.717, 1.165) is 17.4 Å². The maximum atomic E-state index is 13.4. The molecule has 4 N–H and O–H groups in total. The SMILES string of the molecule is NNc1cc(C(=O)Nc2nncs2)c([N+](=O)[O-])cc1F. The fraction of sp³-hybridized carbons (Fsp3) is 0. The van der Waals surface area contributed by atoms with Crippen LogP contribution < -0.4 is 16.6 Å². The van der Waals surface area contributed by atoms with Crippen molar-refractivity contribution in [1.29, 1.82) is 0 Å². The van der Waals surface area contributed by atoms with E-state index in [9.17, 15) is 19.3 Å². The van der Waals surface area contributed by atoms with Gasteiger partial charge in [-0.1, -0.05) is 11.3 Å². The standard InChI is InChI=1S/C9H7FN6O3S/c10-5-2-7(16(18)19)4(1-6(5)14-11)8(17)13-9-15-12-3-20-9/h1-3,14H,11H2,(H,13,15,17). The largest absolute Gasteiger partial charge is 0.321 e. The Kier molecular flexibility index (Phi) is 3.81. The smallest absolute Gasteiger partial charge is 0.285 e. The molecule has 0 unspecified atom stereocenters. The third-order valence-electron chi connectivity index (χ3n) is 2.26. The number of hydrazine groups is 1. The van der Waals surface area contributed by atoms with E-state index in [1.54, 1.807) is 0 Å². The number of aromatic nitrogens is 2. The Morgan fingerprint density at radius 3 is 2.80 bits per heavy atom. The Balaban J connectivity index is 2.42. The van der Waals surface area contributed by atoms with Gasteiger partial charge in [0.15, 0.2) is 5.82 Å². The molecular weight excluding hydrogens is 291 g/mol. The summed E-state index contributed by atoms with van der Waals surface area (Å²) in [6.07, 6.45) is 0. The van der Waals surface area contributed by atoms with E-state index < -0.39 is 22.3 Å². The number of nitrogens with zero attached hydrogens (tertiary/aromatic N) is 3. The molecule has 2 aromatic rings. The van der Waals surface area contributed by atoms with Gasteiger partial charge in [-0.2, -0.15) is 0 Å². The third-order valence-corrected chi connectivity index (χ3v) is 2.87. The first-order valence-corrected chi connectivity index (χ1v) is 5.93. The minimum atomic E-state index is -0.938. The summed E-state index contributed by atoms with van der Waals surface area (Å²) in [5.41, 5.74) is 2.13. The normalized spacial score (nSPS) is 10.1. The summed E-state index contributed by atoms with van der Waals surface area (Å²) in [5.74, 6) is 3.32. The summed E-state index contributed by atoms with van der Waals surface area (Å²) in [4.78, 5) is 21.9. The topological polar surface area (TPSA) is 136 Å². The second-order valence-corrected chi connectivity index (χ2v) is 4.28. The van der Waals surface area contributed by atoms with Crippen LogP contribution in [0.1, 0.15) is 10.4 Å². The first-order valence-electron chi connectivity index (χ1n) is 5.05. The van der Waals surface area contributed by atoms with Crippen LogP contribution in [-0.2, 0) is 0 Å². The number of amides is 1. The van der Waals surface area contributed by atoms with Gasteiger partial charge in [0, 0.05) is 0 Å². The molecule has 104 valence electrons. The van der Waals surface area contributed by atoms with Gasteiger partial charge in [0.2, 0.25) is 5.13 Å². The molecule has 0 aliphatic rings. The van der Waals surface area contributed by atoms with E-state index in [1.165, 1.54) is 5.51 Å². The monoisotopic (exact) mass is 298 g/mol. The first-order chi connectivity index (χ1) is 9.52. The van der Waals surface area contributed by atoms with Gasteiger partial charge in [0.25, 0.3) is 11.6 Å². The zero-order chi connectivity index (χ0) is 14.7. The lowest BCUT2D eigenvalue weighted by atomic mass is 10.1. The number of carbonyl (C=O) groups excluding carboxylic acids is 1. The van der Waals surface area contributed by atoms with Gasteiger partial charge in [-0.25, -0.2) is 4.39 Å². The third kappa shape index (κ3) is 2.67. The molecule has 0 aliphatic heterocycles. The van der Waals surface area contributed by atoms with Gasteiger partial charge in [-0.15, -0.1) is 10.2 Å². The average molecular weight is 298 g/mol. The molecule has 1 aromatic carbocycles. The maximum absolute atomic E-state index is 13.4. The number of hydrogen-bond donors (Lipinski definition) is 3. The number of rotatable bonds is 4. The summed E-state index contributed by atoms with van der Waals surface area (Å²) in [6.45, 7) is 0. The Labute approximate surface area is 114 Å². The molecule has 0 atom stereocenters. The van der Waals surface area contributed by atoms with Crippen molar-refractivity contribution in [1.82, 2.24) is 10.2 Å². The number of nitrogens with two attached hydrogens (primary N) is 1. The number of nitrogens with one attached hydrogen (secondary N) is 2. The van der Waals surface area contributed by atoms with Crippen LogP contribution in [0.4, 0.5) is 20.9 Å². The zero-order valence-corrected chi connectivity index (χ0v) is 10.5. The van der Waals surface area contributed by atoms with Gasteiger partial charge in [0.05, 0.1) is 16.7 Å². The first kappa shape index (κ1) is 13.8. The number of carbonyl (C=O) groups is 1. The highest BCUT2D eigenvalue weighted by Gasteiger charge is 2.24. The Hall–Kier alpha value is -2.66. The van der Waals surface area contributed by atoms with E-state index >= 15 is 0 Å². The predicted molar refractivity (Wildman–Crippen MR) is 68.7 cm³/mol. The van der Waals surface area contributed by atoms with Crippen LogP contribution in [0.25, 0.3) is 0 Å². The lowest BCUT2D eigenvalue weighted by Gasteiger charge is -2.07. The molecular formula is C9H7FN6O3S. The number of benzene rings is 1. The van der Waals surface area contributed by atoms with Crippen LogP contribution in [0.3, 0.4) is 0 Å². The van der Waals surface area contributed by atoms with Gasteiger partial charge in [0.1, 0.15) is 11.1 Å². The van der Waals surface area contributed by atoms with E-state index in [-0.39, 0.29) is 16.4 Å². The van der Waals surface area contributed by atoms with Crippen LogP contribution in [0.2, 0.25) is 0 Å². The Bertz CT molecular complexity index is 662. The van der Waals surface area contributed by atoms with Crippen molar-refractivity contribution in [3.05, 3.63) is 39.1 Å². The maximum Gasteiger partial charge on any atom is 0.285 e. The van der Waals surface area contributed by atoms with Crippen molar-refractivity contribution < 1.29 is 14.1 Å². The Morgan fingerprint density at radius 1 is 1.50 bits per heavy atom. The molecule has 0 fully saturated rings. The van der Waals surface area contributed by atoms with Gasteiger partial charge in [-0.05, 0) is 6.07 Å². The molecule has 0 aliphatic carbocycles. The van der Waals surface area contributed by atoms with Crippen LogP contribution in [0.15, 0.2) is 17.6 Å². The zero-order valence-electron chi connectivity index (χ0n) is 9.66. The number of anilines is 2. The molecule has 0 spiro atoms. The number of nitrogen functional groups attached to an aromatic ring is 1. The predicted octanol–water partition coefficient (Wildman–Crippen LogP) is 1.12. The van der Waals surface area contributed by atoms with E-state index in [2.05, 4.69) is 15.5 Å². The second kappa shape index (κ2) is 5.54. The molecule has 0 saturated carbocycles. The van der Waals surface area contributed by atoms with Crippen molar-refractivity contribution in [3.8, 4) is 0 Å². The molecule has 1 amide bonds. The second-order valence-electron chi connectivity index (χ2n) is 3.45. The highest BCUT2D eigenvalue weighted by atomic mass is 32.1. The van der Waals surface area contributed by atoms with Gasteiger partial charge < -0.3 is 5.43 Å². The number of nitro benzene ring substituents is 1. The van der Waals surface area contributed by atoms with Crippen molar-refractivity contribution >= 4 is 33.8 Å². The quantitative estimate of drug-likeness (QED) is 0.437. The summed E-state index contributed by atoms with van der Waals surface area (Å²) in [7, 11) is 0. The number of hydrogen-bond acceptors (Lipinski definition) is 8. The minimum Gasteiger partial charge on any atom is -0.321 e. The summed E-state index contributed by atoms with van der Waals surface area (Å²) < 4.78 is 13.4. The number of halogens is 1. The molecule has 2 rings (SSSR count). The van der Waals surface area contributed by atoms with Crippen molar-refractivity contribution in [2.45, 2.75) is 0 Å². The number of nitro groups is 1. The molecule has 0 radical (unpaired) electrons. The molecule has 1 aromatic heterocycles. The fourth-order valence-electron chi connectivity index (χ4n) is 1.40. The average Bonchev–Trinajstić information content (AvgIpc) is 2.90. The lowest BCUT2D eigenvalue weighted by molar-refractivity contribution is -0.385. The van der Waals surface area contributed by atoms with Gasteiger partial charge >= 0.3 is 0 Å². The van der Waals surface area contributed by atoms with Crippen LogP contribution >= 0.6 is 11.3 Å². The van der Waals surface area contributed by atoms with Crippen LogP contribution in [-0.4, -0.2) is 21.0 Å². The highest BCUT2D eigenvalue weighted by Crippen LogP contribution is 2.26. The molecule has 11 heteroatoms. The van der Waals surface area contributed by atoms with Crippen LogP contribution in [0.5, 0.6) is 0 Å². The molecule has 0 bridgehead atoms. The van der Waals surface area contributed by atoms with E-state index in [0.29, 0.717) is 6.07 Å². The minimum absolute atomic E-state index is 0.163. The van der Waals surface area contributed by atoms with Gasteiger partial charge in [-0.3, -0.25) is 26.1 Å². The van der Waals surface area contributed by atoms with Crippen molar-refractivity contribution in [2.75, 3.05) is 10.7 Å². The molecule has 1 heterocycles. The summed E-state index contributed by atoms with van der Waals surface area (Å²) in [5, 5.41) is 20.4. The molecule has 9 nitrogen and oxygen atoms in total. The fourth-order valence-corrected chi connectivity index (χ4v) is 1.84. The summed E-state index contributed by atoms with van der Waals surface area (Å²) in [6, 6.07) is 1.56. The summed E-state index contributed by atoms with van der Waals surface area (Å²) >= 11 is 1.03. The van der Waals surface area contributed by atoms with E-state index in [4.69, 9.17) is 5.84 Å².